The minimum atomic E-state index is -3.17. The summed E-state index contributed by atoms with van der Waals surface area (Å²) in [4.78, 5) is 0.255. The Balaban J connectivity index is 2.89. The Morgan fingerprint density at radius 2 is 1.88 bits per heavy atom. The molecule has 0 aliphatic rings. The number of rotatable bonds is 3. The van der Waals surface area contributed by atoms with Gasteiger partial charge in [-0.3, -0.25) is 0 Å². The maximum absolute atomic E-state index is 11.2. The van der Waals surface area contributed by atoms with Gasteiger partial charge in [0.15, 0.2) is 9.84 Å². The molecule has 3 nitrogen and oxygen atoms in total. The molecule has 0 amide bonds. The number of sulfone groups is 1. The zero-order chi connectivity index (χ0) is 12.2. The molecule has 0 radical (unpaired) electrons. The van der Waals surface area contributed by atoms with E-state index < -0.39 is 15.9 Å². The van der Waals surface area contributed by atoms with Crippen LogP contribution in [0.25, 0.3) is 0 Å². The van der Waals surface area contributed by atoms with Crippen LogP contribution in [0.15, 0.2) is 29.2 Å². The largest absolute Gasteiger partial charge is 0.387 e. The van der Waals surface area contributed by atoms with E-state index in [1.165, 1.54) is 12.1 Å². The molecule has 4 heteroatoms. The number of aliphatic hydroxyl groups excluding tert-OH is 1. The van der Waals surface area contributed by atoms with Crippen molar-refractivity contribution in [2.24, 2.45) is 0 Å². The van der Waals surface area contributed by atoms with Crippen LogP contribution in [-0.4, -0.2) is 19.8 Å². The molecule has 0 bridgehead atoms. The third-order valence-electron chi connectivity index (χ3n) is 2.17. The third kappa shape index (κ3) is 3.37. The summed E-state index contributed by atoms with van der Waals surface area (Å²) < 4.78 is 22.4. The first-order valence-electron chi connectivity index (χ1n) is 4.83. The average molecular weight is 238 g/mol. The van der Waals surface area contributed by atoms with E-state index in [0.717, 1.165) is 6.26 Å². The summed E-state index contributed by atoms with van der Waals surface area (Å²) in [5.41, 5.74) is 0.676. The Kier molecular flexibility index (Phi) is 4.11. The summed E-state index contributed by atoms with van der Waals surface area (Å²) in [6, 6.07) is 6.21. The van der Waals surface area contributed by atoms with E-state index in [2.05, 4.69) is 11.8 Å². The zero-order valence-electron chi connectivity index (χ0n) is 9.27. The van der Waals surface area contributed by atoms with Crippen molar-refractivity contribution in [3.05, 3.63) is 29.8 Å². The van der Waals surface area contributed by atoms with Crippen molar-refractivity contribution >= 4 is 9.84 Å². The molecule has 1 rings (SSSR count). The lowest BCUT2D eigenvalue weighted by molar-refractivity contribution is 0.184. The van der Waals surface area contributed by atoms with Crippen molar-refractivity contribution in [2.75, 3.05) is 6.26 Å². The Morgan fingerprint density at radius 1 is 1.31 bits per heavy atom. The molecule has 0 spiro atoms. The fourth-order valence-corrected chi connectivity index (χ4v) is 1.88. The highest BCUT2D eigenvalue weighted by atomic mass is 32.2. The first kappa shape index (κ1) is 12.8. The van der Waals surface area contributed by atoms with E-state index in [9.17, 15) is 13.5 Å². The Labute approximate surface area is 96.0 Å². The molecule has 1 aromatic carbocycles. The molecule has 0 saturated carbocycles. The minimum Gasteiger partial charge on any atom is -0.387 e. The van der Waals surface area contributed by atoms with Crippen LogP contribution >= 0.6 is 0 Å². The van der Waals surface area contributed by atoms with Gasteiger partial charge in [-0.25, -0.2) is 8.42 Å². The van der Waals surface area contributed by atoms with Crippen LogP contribution in [0.3, 0.4) is 0 Å². The maximum Gasteiger partial charge on any atom is 0.175 e. The van der Waals surface area contributed by atoms with Gasteiger partial charge >= 0.3 is 0 Å². The van der Waals surface area contributed by atoms with Crippen molar-refractivity contribution in [3.8, 4) is 11.8 Å². The molecule has 1 N–H and O–H groups in total. The van der Waals surface area contributed by atoms with Gasteiger partial charge in [0.05, 0.1) is 11.0 Å². The van der Waals surface area contributed by atoms with Gasteiger partial charge < -0.3 is 5.11 Å². The van der Waals surface area contributed by atoms with Crippen LogP contribution in [-0.2, 0) is 9.84 Å². The monoisotopic (exact) mass is 238 g/mol. The second kappa shape index (κ2) is 5.15. The van der Waals surface area contributed by atoms with E-state index in [4.69, 9.17) is 0 Å². The van der Waals surface area contributed by atoms with Crippen molar-refractivity contribution < 1.29 is 13.5 Å². The summed E-state index contributed by atoms with van der Waals surface area (Å²) in [6.45, 7) is 1.71. The summed E-state index contributed by atoms with van der Waals surface area (Å²) in [5.74, 6) is 5.47. The van der Waals surface area contributed by atoms with Crippen molar-refractivity contribution in [1.29, 1.82) is 0 Å². The van der Waals surface area contributed by atoms with E-state index in [0.29, 0.717) is 12.0 Å². The minimum absolute atomic E-state index is 0.255. The highest BCUT2D eigenvalue weighted by molar-refractivity contribution is 7.90. The lowest BCUT2D eigenvalue weighted by atomic mass is 10.1. The first-order valence-corrected chi connectivity index (χ1v) is 6.72. The molecule has 0 aliphatic heterocycles. The number of hydrogen-bond donors (Lipinski definition) is 1. The quantitative estimate of drug-likeness (QED) is 0.813. The molecule has 0 saturated heterocycles. The van der Waals surface area contributed by atoms with Crippen LogP contribution in [0.5, 0.6) is 0 Å². The molecule has 1 aromatic rings. The fraction of sp³-hybridized carbons (Fsp3) is 0.333. The Hall–Kier alpha value is -1.31. The smallest absolute Gasteiger partial charge is 0.175 e. The van der Waals surface area contributed by atoms with Crippen molar-refractivity contribution in [1.82, 2.24) is 0 Å². The predicted molar refractivity (Wildman–Crippen MR) is 62.6 cm³/mol. The molecule has 16 heavy (non-hydrogen) atoms. The summed E-state index contributed by atoms with van der Waals surface area (Å²) in [6.07, 6.45) is 0.844. The molecule has 1 atom stereocenters. The highest BCUT2D eigenvalue weighted by Gasteiger charge is 2.09. The molecular weight excluding hydrogens is 224 g/mol. The van der Waals surface area contributed by atoms with Gasteiger partial charge in [-0.15, -0.1) is 11.8 Å². The maximum atomic E-state index is 11.2. The summed E-state index contributed by atoms with van der Waals surface area (Å²) in [5, 5.41) is 9.69. The average Bonchev–Trinajstić information content (AvgIpc) is 2.25. The number of aliphatic hydroxyl groups is 1. The van der Waals surface area contributed by atoms with Gasteiger partial charge in [-0.2, -0.15) is 0 Å². The Bertz CT molecular complexity index is 503. The fourth-order valence-electron chi connectivity index (χ4n) is 1.25. The summed E-state index contributed by atoms with van der Waals surface area (Å²) >= 11 is 0. The topological polar surface area (TPSA) is 54.4 Å². The van der Waals surface area contributed by atoms with Crippen LogP contribution in [0, 0.1) is 11.8 Å². The van der Waals surface area contributed by atoms with Crippen LogP contribution in [0.1, 0.15) is 25.0 Å². The van der Waals surface area contributed by atoms with E-state index in [-0.39, 0.29) is 4.90 Å². The number of hydrogen-bond acceptors (Lipinski definition) is 3. The molecule has 0 aromatic heterocycles. The second-order valence-electron chi connectivity index (χ2n) is 3.49. The molecule has 0 fully saturated rings. The lowest BCUT2D eigenvalue weighted by Gasteiger charge is -2.07. The van der Waals surface area contributed by atoms with Crippen LogP contribution in [0.2, 0.25) is 0 Å². The Morgan fingerprint density at radius 3 is 2.31 bits per heavy atom. The summed E-state index contributed by atoms with van der Waals surface area (Å²) in [7, 11) is -3.17. The normalized spacial score (nSPS) is 12.7. The lowest BCUT2D eigenvalue weighted by Crippen LogP contribution is -1.99. The van der Waals surface area contributed by atoms with E-state index >= 15 is 0 Å². The van der Waals surface area contributed by atoms with Crippen molar-refractivity contribution in [2.45, 2.75) is 24.3 Å². The molecule has 86 valence electrons. The van der Waals surface area contributed by atoms with Crippen LogP contribution in [0.4, 0.5) is 0 Å². The molecule has 0 aliphatic carbocycles. The van der Waals surface area contributed by atoms with Gasteiger partial charge in [-0.1, -0.05) is 12.1 Å². The van der Waals surface area contributed by atoms with Crippen LogP contribution < -0.4 is 0 Å². The van der Waals surface area contributed by atoms with Gasteiger partial charge in [0.2, 0.25) is 0 Å². The van der Waals surface area contributed by atoms with E-state index in [1.54, 1.807) is 19.1 Å². The molecule has 0 heterocycles. The molecule has 1 unspecified atom stereocenters. The standard InChI is InChI=1S/C12H14O3S/c1-3-4-5-12(13)10-6-8-11(9-7-10)16(2,14)15/h6-9,12-13H,5H2,1-2H3. The van der Waals surface area contributed by atoms with E-state index in [1.807, 2.05) is 0 Å². The van der Waals surface area contributed by atoms with Gasteiger partial charge in [0.1, 0.15) is 0 Å². The molecular formula is C12H14O3S. The zero-order valence-corrected chi connectivity index (χ0v) is 10.1. The predicted octanol–water partition coefficient (Wildman–Crippen LogP) is 1.54. The van der Waals surface area contributed by atoms with Gasteiger partial charge in [-0.05, 0) is 24.6 Å². The van der Waals surface area contributed by atoms with Gasteiger partial charge in [0, 0.05) is 12.7 Å². The number of benzene rings is 1. The SMILES string of the molecule is CC#CCC(O)c1ccc(S(C)(=O)=O)cc1. The first-order chi connectivity index (χ1) is 7.45. The van der Waals surface area contributed by atoms with Gasteiger partial charge in [0.25, 0.3) is 0 Å². The van der Waals surface area contributed by atoms with Crippen molar-refractivity contribution in [3.63, 3.8) is 0 Å². The second-order valence-corrected chi connectivity index (χ2v) is 5.50. The third-order valence-corrected chi connectivity index (χ3v) is 3.29. The highest BCUT2D eigenvalue weighted by Crippen LogP contribution is 2.18.